The lowest BCUT2D eigenvalue weighted by atomic mass is 9.95. The van der Waals surface area contributed by atoms with E-state index in [2.05, 4.69) is 27.7 Å². The van der Waals surface area contributed by atoms with Crippen LogP contribution in [0.5, 0.6) is 17.2 Å². The molecule has 2 aromatic rings. The van der Waals surface area contributed by atoms with Crippen LogP contribution in [0.4, 0.5) is 4.79 Å². The molecule has 0 spiro atoms. The molecule has 0 fully saturated rings. The number of ether oxygens (including phenoxy) is 4. The van der Waals surface area contributed by atoms with Gasteiger partial charge in [0.1, 0.15) is 12.4 Å². The number of hydrazone groups is 1. The van der Waals surface area contributed by atoms with Crippen LogP contribution in [-0.2, 0) is 14.3 Å². The zero-order valence-corrected chi connectivity index (χ0v) is 21.4. The molecule has 0 unspecified atom stereocenters. The molecule has 0 aromatic heterocycles. The van der Waals surface area contributed by atoms with E-state index in [1.165, 1.54) is 13.3 Å². The van der Waals surface area contributed by atoms with Gasteiger partial charge < -0.3 is 29.6 Å². The van der Waals surface area contributed by atoms with Crippen LogP contribution >= 0.6 is 0 Å². The van der Waals surface area contributed by atoms with Gasteiger partial charge in [0.15, 0.2) is 18.1 Å². The molecular formula is C27H30N4O7. The average molecular weight is 523 g/mol. The van der Waals surface area contributed by atoms with E-state index in [0.29, 0.717) is 34.9 Å². The molecular weight excluding hydrogens is 492 g/mol. The van der Waals surface area contributed by atoms with Crippen LogP contribution in [-0.4, -0.2) is 51.1 Å². The predicted octanol–water partition coefficient (Wildman–Crippen LogP) is 2.98. The van der Waals surface area contributed by atoms with Crippen LogP contribution in [0.1, 0.15) is 31.0 Å². The van der Waals surface area contributed by atoms with Crippen molar-refractivity contribution in [3.8, 4) is 17.2 Å². The molecule has 1 atom stereocenters. The molecule has 200 valence electrons. The second-order valence-corrected chi connectivity index (χ2v) is 7.92. The highest BCUT2D eigenvalue weighted by molar-refractivity contribution is 5.95. The molecule has 3 N–H and O–H groups in total. The molecule has 11 nitrogen and oxygen atoms in total. The van der Waals surface area contributed by atoms with Gasteiger partial charge in [-0.3, -0.25) is 4.79 Å². The van der Waals surface area contributed by atoms with Crippen molar-refractivity contribution in [2.24, 2.45) is 5.10 Å². The fourth-order valence-electron chi connectivity index (χ4n) is 3.62. The number of hydrogen-bond acceptors (Lipinski definition) is 8. The summed E-state index contributed by atoms with van der Waals surface area (Å²) in [4.78, 5) is 36.9. The second-order valence-electron chi connectivity index (χ2n) is 7.92. The van der Waals surface area contributed by atoms with Crippen molar-refractivity contribution in [3.63, 3.8) is 0 Å². The minimum atomic E-state index is -0.762. The van der Waals surface area contributed by atoms with Gasteiger partial charge in [0, 0.05) is 11.3 Å². The number of carbonyl (C=O) groups excluding carboxylic acids is 3. The Balaban J connectivity index is 1.67. The van der Waals surface area contributed by atoms with Gasteiger partial charge in [-0.25, -0.2) is 15.0 Å². The van der Waals surface area contributed by atoms with Crippen LogP contribution in [0, 0.1) is 0 Å². The third kappa shape index (κ3) is 7.12. The van der Waals surface area contributed by atoms with Gasteiger partial charge in [0.25, 0.3) is 5.91 Å². The molecule has 38 heavy (non-hydrogen) atoms. The number of urea groups is 1. The molecule has 11 heteroatoms. The zero-order chi connectivity index (χ0) is 27.5. The number of methoxy groups -OCH3 is 1. The maximum Gasteiger partial charge on any atom is 0.338 e. The van der Waals surface area contributed by atoms with Gasteiger partial charge in [0.2, 0.25) is 0 Å². The van der Waals surface area contributed by atoms with Crippen molar-refractivity contribution < 1.29 is 33.3 Å². The van der Waals surface area contributed by atoms with Gasteiger partial charge >= 0.3 is 12.0 Å². The summed E-state index contributed by atoms with van der Waals surface area (Å²) in [6.07, 6.45) is 3.10. The van der Waals surface area contributed by atoms with Gasteiger partial charge in [-0.1, -0.05) is 30.9 Å². The number of allylic oxidation sites excluding steroid dienone is 1. The quantitative estimate of drug-likeness (QED) is 0.169. The Morgan fingerprint density at radius 2 is 1.92 bits per heavy atom. The van der Waals surface area contributed by atoms with Gasteiger partial charge in [-0.2, -0.15) is 5.10 Å². The standard InChI is InChI=1S/C27H30N4O7/c1-5-13-37-20-10-8-7-9-19(20)15-28-31-23(32)16-38-21-12-11-18(14-22(21)35-4)25-24(26(33)36-6-2)17(3)29-27(34)30-25/h5,7-12,14-15,25H,1,6,13,16H2,2-4H3,(H,31,32)(H2,29,30,34)/b28-15-/t25-/m1/s1. The highest BCUT2D eigenvalue weighted by Gasteiger charge is 2.32. The van der Waals surface area contributed by atoms with E-state index >= 15 is 0 Å². The van der Waals surface area contributed by atoms with E-state index in [0.717, 1.165) is 0 Å². The van der Waals surface area contributed by atoms with Gasteiger partial charge in [-0.15, -0.1) is 0 Å². The molecule has 1 aliphatic heterocycles. The molecule has 2 aromatic carbocycles. The number of nitrogens with zero attached hydrogens (tertiary/aromatic N) is 1. The van der Waals surface area contributed by atoms with E-state index in [9.17, 15) is 14.4 Å². The Labute approximate surface area is 220 Å². The fourth-order valence-corrected chi connectivity index (χ4v) is 3.62. The largest absolute Gasteiger partial charge is 0.493 e. The summed E-state index contributed by atoms with van der Waals surface area (Å²) in [5, 5.41) is 9.27. The third-order valence-corrected chi connectivity index (χ3v) is 5.31. The number of esters is 1. The zero-order valence-electron chi connectivity index (χ0n) is 21.4. The van der Waals surface area contributed by atoms with Crippen LogP contribution in [0.3, 0.4) is 0 Å². The first-order chi connectivity index (χ1) is 18.4. The maximum absolute atomic E-state index is 12.5. The van der Waals surface area contributed by atoms with Crippen molar-refractivity contribution >= 4 is 24.1 Å². The first-order valence-corrected chi connectivity index (χ1v) is 11.8. The highest BCUT2D eigenvalue weighted by atomic mass is 16.5. The van der Waals surface area contributed by atoms with Crippen molar-refractivity contribution in [2.45, 2.75) is 19.9 Å². The van der Waals surface area contributed by atoms with Crippen molar-refractivity contribution in [1.82, 2.24) is 16.1 Å². The number of hydrogen-bond donors (Lipinski definition) is 3. The Morgan fingerprint density at radius 1 is 1.13 bits per heavy atom. The number of amides is 3. The van der Waals surface area contributed by atoms with Gasteiger partial charge in [-0.05, 0) is 43.7 Å². The number of carbonyl (C=O) groups is 3. The summed E-state index contributed by atoms with van der Waals surface area (Å²) in [7, 11) is 1.44. The average Bonchev–Trinajstić information content (AvgIpc) is 2.90. The highest BCUT2D eigenvalue weighted by Crippen LogP contribution is 2.34. The van der Waals surface area contributed by atoms with Crippen molar-refractivity contribution in [2.75, 3.05) is 26.9 Å². The molecule has 0 saturated heterocycles. The summed E-state index contributed by atoms with van der Waals surface area (Å²) >= 11 is 0. The normalized spacial score (nSPS) is 14.8. The Kier molecular flexibility index (Phi) is 9.86. The summed E-state index contributed by atoms with van der Waals surface area (Å²) in [5.41, 5.74) is 4.32. The lowest BCUT2D eigenvalue weighted by molar-refractivity contribution is -0.139. The lowest BCUT2D eigenvalue weighted by Crippen LogP contribution is -2.45. The Bertz CT molecular complexity index is 1260. The topological polar surface area (TPSA) is 137 Å². The van der Waals surface area contributed by atoms with Crippen molar-refractivity contribution in [1.29, 1.82) is 0 Å². The third-order valence-electron chi connectivity index (χ3n) is 5.31. The number of rotatable bonds is 12. The summed E-state index contributed by atoms with van der Waals surface area (Å²) in [6.45, 7) is 7.14. The van der Waals surface area contributed by atoms with E-state index in [1.54, 1.807) is 50.3 Å². The van der Waals surface area contributed by atoms with Crippen LogP contribution in [0.15, 0.2) is 71.5 Å². The van der Waals surface area contributed by atoms with E-state index < -0.39 is 23.9 Å². The number of benzene rings is 2. The fraction of sp³-hybridized carbons (Fsp3) is 0.259. The minimum Gasteiger partial charge on any atom is -0.493 e. The monoisotopic (exact) mass is 522 g/mol. The summed E-state index contributed by atoms with van der Waals surface area (Å²) in [6, 6.07) is 10.9. The maximum atomic E-state index is 12.5. The van der Waals surface area contributed by atoms with E-state index in [1.807, 2.05) is 12.1 Å². The SMILES string of the molecule is C=CCOc1ccccc1/C=N\NC(=O)COc1ccc([C@H]2NC(=O)NC(C)=C2C(=O)OCC)cc1OC. The van der Waals surface area contributed by atoms with Crippen LogP contribution < -0.4 is 30.3 Å². The molecule has 0 aliphatic carbocycles. The lowest BCUT2D eigenvalue weighted by Gasteiger charge is -2.28. The van der Waals surface area contributed by atoms with Gasteiger partial charge in [0.05, 0.1) is 31.5 Å². The molecule has 1 heterocycles. The Hall–Kier alpha value is -4.80. The molecule has 3 amide bonds. The predicted molar refractivity (Wildman–Crippen MR) is 140 cm³/mol. The Morgan fingerprint density at radius 3 is 2.66 bits per heavy atom. The smallest absolute Gasteiger partial charge is 0.338 e. The molecule has 0 bridgehead atoms. The number of para-hydroxylation sites is 1. The van der Waals surface area contributed by atoms with Crippen LogP contribution in [0.25, 0.3) is 0 Å². The van der Waals surface area contributed by atoms with E-state index in [-0.39, 0.29) is 24.5 Å². The number of nitrogens with one attached hydrogen (secondary N) is 3. The minimum absolute atomic E-state index is 0.189. The van der Waals surface area contributed by atoms with E-state index in [4.69, 9.17) is 18.9 Å². The molecule has 0 radical (unpaired) electrons. The summed E-state index contributed by atoms with van der Waals surface area (Å²) < 4.78 is 21.8. The molecule has 3 rings (SSSR count). The second kappa shape index (κ2) is 13.5. The first-order valence-electron chi connectivity index (χ1n) is 11.8. The molecule has 0 saturated carbocycles. The first kappa shape index (κ1) is 27.8. The van der Waals surface area contributed by atoms with Crippen molar-refractivity contribution in [3.05, 3.63) is 77.5 Å². The van der Waals surface area contributed by atoms with Crippen LogP contribution in [0.2, 0.25) is 0 Å². The summed E-state index contributed by atoms with van der Waals surface area (Å²) in [5.74, 6) is 0.157. The molecule has 1 aliphatic rings.